The van der Waals surface area contributed by atoms with Crippen molar-refractivity contribution in [1.82, 2.24) is 5.32 Å². The maximum absolute atomic E-state index is 4.07. The molecule has 3 aliphatic carbocycles. The fourth-order valence-electron chi connectivity index (χ4n) is 5.51. The summed E-state index contributed by atoms with van der Waals surface area (Å²) in [7, 11) is 1.93. The first kappa shape index (κ1) is 38.3. The molecule has 3 aliphatic rings. The van der Waals surface area contributed by atoms with Crippen molar-refractivity contribution in [3.8, 4) is 11.8 Å². The largest absolute Gasteiger partial charge is 0.388 e. The fraction of sp³-hybridized carbons (Fsp3) is 0.744. The molecule has 3 rings (SSSR count). The van der Waals surface area contributed by atoms with Crippen molar-refractivity contribution < 1.29 is 0 Å². The number of likely N-dealkylation sites (N-methyl/N-ethyl adjacent to an activating group) is 1. The van der Waals surface area contributed by atoms with Crippen LogP contribution in [0.15, 0.2) is 47.7 Å². The molecule has 0 heterocycles. The molecule has 1 heteroatoms. The number of hydrogen-bond acceptors (Lipinski definition) is 1. The average Bonchev–Trinajstić information content (AvgIpc) is 2.94. The van der Waals surface area contributed by atoms with E-state index >= 15 is 0 Å². The second kappa shape index (κ2) is 22.0. The molecule has 0 aromatic carbocycles. The molecule has 0 radical (unpaired) electrons. The van der Waals surface area contributed by atoms with E-state index in [1.807, 2.05) is 27.8 Å². The van der Waals surface area contributed by atoms with Crippen LogP contribution < -0.4 is 5.32 Å². The average molecular weight is 552 g/mol. The van der Waals surface area contributed by atoms with Gasteiger partial charge in [-0.25, -0.2) is 0 Å². The standard InChI is InChI=1S/C17H27N.C11H20.C9H16.C2H6/c1-9-14(3)15(4)16(18-8)12-13(2)10-11-17(5,6)7;1-2-5-10(6-3-1)9-11-7-4-8-11;1-3-9-6-4-8(2)5-7-9;1-2/h12,18H,3,9H2,1-2,4-8H3;10-11H,1-9H2;3,8-9H,1,4-7H2,2H3;1-2H3/b13-12+,16-15-;;;. The highest BCUT2D eigenvalue weighted by Crippen LogP contribution is 2.37. The summed E-state index contributed by atoms with van der Waals surface area (Å²) in [6, 6.07) is 0. The summed E-state index contributed by atoms with van der Waals surface area (Å²) in [4.78, 5) is 0. The normalized spacial score (nSPS) is 22.1. The number of hydrogen-bond donors (Lipinski definition) is 1. The third-order valence-electron chi connectivity index (χ3n) is 8.64. The van der Waals surface area contributed by atoms with Gasteiger partial charge in [-0.3, -0.25) is 0 Å². The first-order valence-corrected chi connectivity index (χ1v) is 16.9. The van der Waals surface area contributed by atoms with Crippen LogP contribution in [0.5, 0.6) is 0 Å². The van der Waals surface area contributed by atoms with Crippen LogP contribution in [-0.4, -0.2) is 7.05 Å². The highest BCUT2D eigenvalue weighted by molar-refractivity contribution is 5.41. The van der Waals surface area contributed by atoms with Crippen molar-refractivity contribution in [3.63, 3.8) is 0 Å². The first-order valence-electron chi connectivity index (χ1n) is 16.9. The van der Waals surface area contributed by atoms with Crippen LogP contribution >= 0.6 is 0 Å². The van der Waals surface area contributed by atoms with Crippen LogP contribution in [0.4, 0.5) is 0 Å². The third kappa shape index (κ3) is 17.9. The second-order valence-corrected chi connectivity index (χ2v) is 13.4. The van der Waals surface area contributed by atoms with E-state index < -0.39 is 0 Å². The molecule has 0 atom stereocenters. The van der Waals surface area contributed by atoms with Gasteiger partial charge < -0.3 is 5.32 Å². The molecule has 0 spiro atoms. The third-order valence-corrected chi connectivity index (χ3v) is 8.64. The zero-order valence-electron chi connectivity index (χ0n) is 28.8. The van der Waals surface area contributed by atoms with Gasteiger partial charge in [-0.2, -0.15) is 0 Å². The lowest BCUT2D eigenvalue weighted by Gasteiger charge is -2.31. The van der Waals surface area contributed by atoms with Gasteiger partial charge in [0.05, 0.1) is 0 Å². The Morgan fingerprint density at radius 1 is 0.875 bits per heavy atom. The summed E-state index contributed by atoms with van der Waals surface area (Å²) in [5.74, 6) is 10.5. The van der Waals surface area contributed by atoms with Crippen LogP contribution in [0.1, 0.15) is 152 Å². The minimum absolute atomic E-state index is 0.0423. The van der Waals surface area contributed by atoms with Crippen LogP contribution in [0.2, 0.25) is 0 Å². The summed E-state index contributed by atoms with van der Waals surface area (Å²) in [6.45, 7) is 26.8. The molecular formula is C39H69N. The van der Waals surface area contributed by atoms with E-state index in [9.17, 15) is 0 Å². The molecule has 230 valence electrons. The molecule has 0 amide bonds. The highest BCUT2D eigenvalue weighted by Gasteiger charge is 2.23. The molecule has 1 N–H and O–H groups in total. The summed E-state index contributed by atoms with van der Waals surface area (Å²) < 4.78 is 0. The zero-order valence-corrected chi connectivity index (χ0v) is 28.8. The Labute approximate surface area is 252 Å². The van der Waals surface area contributed by atoms with Crippen molar-refractivity contribution in [1.29, 1.82) is 0 Å². The molecule has 0 aromatic heterocycles. The van der Waals surface area contributed by atoms with E-state index in [-0.39, 0.29) is 5.41 Å². The topological polar surface area (TPSA) is 12.0 Å². The SMILES string of the molecule is C1CCC(CC2CCC2)CC1.C=C(CC)/C(C)=C(/C=C(\C)C#CC(C)(C)C)NC.C=CC1CCC(C)CC1.CC. The Bertz CT molecular complexity index is 803. The zero-order chi connectivity index (χ0) is 30.6. The number of allylic oxidation sites excluding steroid dienone is 5. The van der Waals surface area contributed by atoms with Gasteiger partial charge in [0.25, 0.3) is 0 Å². The minimum atomic E-state index is 0.0423. The van der Waals surface area contributed by atoms with Gasteiger partial charge in [-0.1, -0.05) is 122 Å². The van der Waals surface area contributed by atoms with Gasteiger partial charge in [0.2, 0.25) is 0 Å². The monoisotopic (exact) mass is 552 g/mol. The molecular weight excluding hydrogens is 482 g/mol. The predicted molar refractivity (Wildman–Crippen MR) is 183 cm³/mol. The van der Waals surface area contributed by atoms with Gasteiger partial charge >= 0.3 is 0 Å². The van der Waals surface area contributed by atoms with Crippen molar-refractivity contribution in [3.05, 3.63) is 47.7 Å². The van der Waals surface area contributed by atoms with E-state index in [1.54, 1.807) is 32.1 Å². The summed E-state index contributed by atoms with van der Waals surface area (Å²) in [6.07, 6.45) is 24.6. The van der Waals surface area contributed by atoms with Crippen LogP contribution in [0.25, 0.3) is 0 Å². The Morgan fingerprint density at radius 3 is 1.80 bits per heavy atom. The summed E-state index contributed by atoms with van der Waals surface area (Å²) in [5, 5.41) is 3.22. The Balaban J connectivity index is 0.000000586. The Morgan fingerprint density at radius 2 is 1.40 bits per heavy atom. The molecule has 1 nitrogen and oxygen atoms in total. The molecule has 40 heavy (non-hydrogen) atoms. The van der Waals surface area contributed by atoms with Gasteiger partial charge in [0.1, 0.15) is 0 Å². The smallest absolute Gasteiger partial charge is 0.0378 e. The minimum Gasteiger partial charge on any atom is -0.388 e. The van der Waals surface area contributed by atoms with Crippen molar-refractivity contribution in [2.24, 2.45) is 29.1 Å². The van der Waals surface area contributed by atoms with Crippen molar-refractivity contribution in [2.75, 3.05) is 7.05 Å². The van der Waals surface area contributed by atoms with E-state index in [4.69, 9.17) is 0 Å². The van der Waals surface area contributed by atoms with Crippen molar-refractivity contribution in [2.45, 2.75) is 152 Å². The fourth-order valence-corrected chi connectivity index (χ4v) is 5.51. The maximum Gasteiger partial charge on any atom is 0.0378 e. The van der Waals surface area contributed by atoms with Crippen LogP contribution in [0, 0.1) is 40.9 Å². The van der Waals surface area contributed by atoms with Gasteiger partial charge in [-0.15, -0.1) is 6.58 Å². The molecule has 3 fully saturated rings. The summed E-state index contributed by atoms with van der Waals surface area (Å²) >= 11 is 0. The lowest BCUT2D eigenvalue weighted by molar-refractivity contribution is 0.215. The lowest BCUT2D eigenvalue weighted by atomic mass is 9.75. The highest BCUT2D eigenvalue weighted by atomic mass is 14.8. The molecule has 0 aliphatic heterocycles. The summed E-state index contributed by atoms with van der Waals surface area (Å²) in [5.41, 5.74) is 4.57. The Kier molecular flexibility index (Phi) is 21.1. The van der Waals surface area contributed by atoms with E-state index in [2.05, 4.69) is 84.0 Å². The predicted octanol–water partition coefficient (Wildman–Crippen LogP) is 12.2. The van der Waals surface area contributed by atoms with E-state index in [1.165, 1.54) is 56.9 Å². The van der Waals surface area contributed by atoms with Gasteiger partial charge in [0.15, 0.2) is 0 Å². The maximum atomic E-state index is 4.07. The van der Waals surface area contributed by atoms with E-state index in [0.29, 0.717) is 0 Å². The van der Waals surface area contributed by atoms with Crippen LogP contribution in [-0.2, 0) is 0 Å². The van der Waals surface area contributed by atoms with Gasteiger partial charge in [-0.05, 0) is 95.6 Å². The van der Waals surface area contributed by atoms with Crippen molar-refractivity contribution >= 4 is 0 Å². The molecule has 0 saturated heterocycles. The molecule has 3 saturated carbocycles. The lowest BCUT2D eigenvalue weighted by Crippen LogP contribution is -2.17. The Hall–Kier alpha value is -1.68. The van der Waals surface area contributed by atoms with E-state index in [0.717, 1.165) is 46.9 Å². The molecule has 0 bridgehead atoms. The number of nitrogens with one attached hydrogen (secondary N) is 1. The molecule has 0 aromatic rings. The number of rotatable bonds is 7. The first-order chi connectivity index (χ1) is 19.0. The van der Waals surface area contributed by atoms with Crippen LogP contribution in [0.3, 0.4) is 0 Å². The quantitative estimate of drug-likeness (QED) is 0.188. The van der Waals surface area contributed by atoms with Gasteiger partial charge in [0, 0.05) is 23.7 Å². The second-order valence-electron chi connectivity index (χ2n) is 13.4. The molecule has 0 unspecified atom stereocenters.